The van der Waals surface area contributed by atoms with E-state index in [1.54, 1.807) is 30.3 Å². The quantitative estimate of drug-likeness (QED) is 0.309. The monoisotopic (exact) mass is 468 g/mol. The van der Waals surface area contributed by atoms with Crippen molar-refractivity contribution < 1.29 is 19.1 Å². The Hall–Kier alpha value is -1.66. The molecule has 4 nitrogen and oxygen atoms in total. The fourth-order valence-electron chi connectivity index (χ4n) is 2.28. The van der Waals surface area contributed by atoms with Crippen molar-refractivity contribution in [3.05, 3.63) is 62.0 Å². The van der Waals surface area contributed by atoms with Crippen molar-refractivity contribution in [2.24, 2.45) is 0 Å². The van der Waals surface area contributed by atoms with E-state index in [1.807, 2.05) is 6.07 Å². The number of benzene rings is 2. The van der Waals surface area contributed by atoms with Crippen LogP contribution in [-0.4, -0.2) is 25.5 Å². The normalized spacial score (nSPS) is 10.4. The molecular formula is C19H18Br2O4. The number of esters is 1. The van der Waals surface area contributed by atoms with E-state index in [0.29, 0.717) is 26.9 Å². The van der Waals surface area contributed by atoms with Gasteiger partial charge in [0.05, 0.1) is 28.2 Å². The minimum Gasteiger partial charge on any atom is -0.491 e. The first kappa shape index (κ1) is 19.7. The van der Waals surface area contributed by atoms with Crippen molar-refractivity contribution in [1.82, 2.24) is 0 Å². The summed E-state index contributed by atoms with van der Waals surface area (Å²) in [6.07, 6.45) is 1.88. The molecule has 132 valence electrons. The number of halogens is 2. The van der Waals surface area contributed by atoms with E-state index in [2.05, 4.69) is 38.8 Å². The summed E-state index contributed by atoms with van der Waals surface area (Å²) in [7, 11) is 1.28. The first-order valence-electron chi connectivity index (χ1n) is 7.84. The summed E-state index contributed by atoms with van der Waals surface area (Å²) in [4.78, 5) is 25.2. The van der Waals surface area contributed by atoms with Gasteiger partial charge in [0.15, 0.2) is 5.78 Å². The van der Waals surface area contributed by atoms with Crippen LogP contribution in [0, 0.1) is 0 Å². The van der Waals surface area contributed by atoms with Crippen LogP contribution in [0.3, 0.4) is 0 Å². The zero-order valence-corrected chi connectivity index (χ0v) is 17.1. The predicted octanol–water partition coefficient (Wildman–Crippen LogP) is 5.41. The van der Waals surface area contributed by atoms with E-state index in [9.17, 15) is 9.59 Å². The highest BCUT2D eigenvalue weighted by Crippen LogP contribution is 2.39. The Labute approximate surface area is 163 Å². The third kappa shape index (κ3) is 4.50. The van der Waals surface area contributed by atoms with E-state index in [4.69, 9.17) is 9.47 Å². The number of ketones is 1. The van der Waals surface area contributed by atoms with Crippen molar-refractivity contribution in [3.8, 4) is 5.75 Å². The smallest absolute Gasteiger partial charge is 0.339 e. The largest absolute Gasteiger partial charge is 0.491 e. The summed E-state index contributed by atoms with van der Waals surface area (Å²) in [5.74, 6) is -0.375. The maximum atomic E-state index is 12.9. The zero-order valence-electron chi connectivity index (χ0n) is 14.0. The molecule has 0 unspecified atom stereocenters. The van der Waals surface area contributed by atoms with E-state index >= 15 is 0 Å². The number of carbonyl (C=O) groups is 2. The standard InChI is InChI=1S/C19H18Br2O4/c1-3-4-10-25-18-14(20)11-13(15(16(18)21)19(23)24-2)17(22)12-8-6-5-7-9-12/h5-9,11H,3-4,10H2,1-2H3. The van der Waals surface area contributed by atoms with Crippen molar-refractivity contribution >= 4 is 43.6 Å². The molecule has 2 rings (SSSR count). The van der Waals surface area contributed by atoms with Crippen molar-refractivity contribution in [2.75, 3.05) is 13.7 Å². The van der Waals surface area contributed by atoms with Gasteiger partial charge in [0.1, 0.15) is 5.75 Å². The van der Waals surface area contributed by atoms with Gasteiger partial charge in [-0.15, -0.1) is 0 Å². The molecule has 0 amide bonds. The number of ether oxygens (including phenoxy) is 2. The third-order valence-electron chi connectivity index (χ3n) is 3.59. The fraction of sp³-hybridized carbons (Fsp3) is 0.263. The van der Waals surface area contributed by atoms with E-state index in [0.717, 1.165) is 12.8 Å². The summed E-state index contributed by atoms with van der Waals surface area (Å²) >= 11 is 6.85. The van der Waals surface area contributed by atoms with Crippen molar-refractivity contribution in [3.63, 3.8) is 0 Å². The lowest BCUT2D eigenvalue weighted by atomic mass is 9.98. The number of hydrogen-bond donors (Lipinski definition) is 0. The SMILES string of the molecule is CCCCOc1c(Br)cc(C(=O)c2ccccc2)c(C(=O)OC)c1Br. The Morgan fingerprint density at radius 1 is 1.12 bits per heavy atom. The Balaban J connectivity index is 2.56. The molecule has 0 saturated carbocycles. The molecule has 0 bridgehead atoms. The number of rotatable bonds is 7. The third-order valence-corrected chi connectivity index (χ3v) is 4.94. The molecule has 0 spiro atoms. The van der Waals surface area contributed by atoms with Crippen LogP contribution in [0.15, 0.2) is 45.3 Å². The molecule has 0 fully saturated rings. The minimum atomic E-state index is -0.598. The summed E-state index contributed by atoms with van der Waals surface area (Å²) in [5, 5.41) is 0. The van der Waals surface area contributed by atoms with Crippen LogP contribution in [0.5, 0.6) is 5.75 Å². The van der Waals surface area contributed by atoms with Crippen LogP contribution in [0.25, 0.3) is 0 Å². The molecule has 0 aliphatic carbocycles. The molecule has 0 aliphatic rings. The summed E-state index contributed by atoms with van der Waals surface area (Å²) in [6, 6.07) is 10.4. The van der Waals surface area contributed by atoms with Crippen LogP contribution in [0.4, 0.5) is 0 Å². The van der Waals surface area contributed by atoms with E-state index in [-0.39, 0.29) is 16.9 Å². The molecule has 0 radical (unpaired) electrons. The molecule has 0 aliphatic heterocycles. The first-order chi connectivity index (χ1) is 12.0. The van der Waals surface area contributed by atoms with Gasteiger partial charge in [-0.25, -0.2) is 4.79 Å². The molecule has 0 saturated heterocycles. The Morgan fingerprint density at radius 3 is 2.40 bits per heavy atom. The van der Waals surface area contributed by atoms with Gasteiger partial charge in [0.25, 0.3) is 0 Å². The highest BCUT2D eigenvalue weighted by atomic mass is 79.9. The lowest BCUT2D eigenvalue weighted by Crippen LogP contribution is -2.14. The van der Waals surface area contributed by atoms with Gasteiger partial charge in [-0.2, -0.15) is 0 Å². The summed E-state index contributed by atoms with van der Waals surface area (Å²) in [5.41, 5.74) is 0.900. The number of hydrogen-bond acceptors (Lipinski definition) is 4. The minimum absolute atomic E-state index is 0.158. The van der Waals surface area contributed by atoms with Gasteiger partial charge >= 0.3 is 5.97 Å². The average Bonchev–Trinajstić information content (AvgIpc) is 2.63. The van der Waals surface area contributed by atoms with Crippen LogP contribution in [0.1, 0.15) is 46.0 Å². The second-order valence-electron chi connectivity index (χ2n) is 5.31. The lowest BCUT2D eigenvalue weighted by molar-refractivity contribution is 0.0595. The van der Waals surface area contributed by atoms with Gasteiger partial charge in [-0.1, -0.05) is 43.7 Å². The molecule has 2 aromatic carbocycles. The Morgan fingerprint density at radius 2 is 1.80 bits per heavy atom. The van der Waals surface area contributed by atoms with E-state index in [1.165, 1.54) is 7.11 Å². The first-order valence-corrected chi connectivity index (χ1v) is 9.42. The number of carbonyl (C=O) groups excluding carboxylic acids is 2. The molecule has 6 heteroatoms. The van der Waals surface area contributed by atoms with E-state index < -0.39 is 5.97 Å². The fourth-order valence-corrected chi connectivity index (χ4v) is 3.79. The van der Waals surface area contributed by atoms with Gasteiger partial charge in [-0.3, -0.25) is 4.79 Å². The summed E-state index contributed by atoms with van der Waals surface area (Å²) < 4.78 is 11.6. The second-order valence-corrected chi connectivity index (χ2v) is 6.96. The van der Waals surface area contributed by atoms with Crippen LogP contribution in [-0.2, 0) is 4.74 Å². The highest BCUT2D eigenvalue weighted by molar-refractivity contribution is 9.11. The topological polar surface area (TPSA) is 52.6 Å². The van der Waals surface area contributed by atoms with Gasteiger partial charge in [0.2, 0.25) is 0 Å². The summed E-state index contributed by atoms with van der Waals surface area (Å²) in [6.45, 7) is 2.58. The molecule has 25 heavy (non-hydrogen) atoms. The maximum Gasteiger partial charge on any atom is 0.339 e. The van der Waals surface area contributed by atoms with Gasteiger partial charge in [0, 0.05) is 11.1 Å². The molecule has 0 aromatic heterocycles. The van der Waals surface area contributed by atoms with Crippen molar-refractivity contribution in [1.29, 1.82) is 0 Å². The molecule has 0 N–H and O–H groups in total. The average molecular weight is 470 g/mol. The lowest BCUT2D eigenvalue weighted by Gasteiger charge is -2.16. The number of unbranched alkanes of at least 4 members (excludes halogenated alkanes) is 1. The van der Waals surface area contributed by atoms with Crippen LogP contribution >= 0.6 is 31.9 Å². The van der Waals surface area contributed by atoms with Crippen LogP contribution in [0.2, 0.25) is 0 Å². The number of methoxy groups -OCH3 is 1. The highest BCUT2D eigenvalue weighted by Gasteiger charge is 2.26. The molecule has 0 heterocycles. The molecule has 2 aromatic rings. The van der Waals surface area contributed by atoms with Gasteiger partial charge in [-0.05, 0) is 44.3 Å². The van der Waals surface area contributed by atoms with Crippen LogP contribution < -0.4 is 4.74 Å². The predicted molar refractivity (Wildman–Crippen MR) is 103 cm³/mol. The van der Waals surface area contributed by atoms with Crippen molar-refractivity contribution in [2.45, 2.75) is 19.8 Å². The maximum absolute atomic E-state index is 12.9. The zero-order chi connectivity index (χ0) is 18.4. The van der Waals surface area contributed by atoms with Gasteiger partial charge < -0.3 is 9.47 Å². The molecular weight excluding hydrogens is 452 g/mol. The molecule has 0 atom stereocenters. The Kier molecular flexibility index (Phi) is 7.20. The Bertz CT molecular complexity index is 773. The second kappa shape index (κ2) is 9.15.